The predicted molar refractivity (Wildman–Crippen MR) is 74.9 cm³/mol. The minimum absolute atomic E-state index is 0.0545. The van der Waals surface area contributed by atoms with Crippen molar-refractivity contribution in [2.24, 2.45) is 0 Å². The maximum absolute atomic E-state index is 11.7. The average Bonchev–Trinajstić information content (AvgIpc) is 2.61. The quantitative estimate of drug-likeness (QED) is 0.689. The normalized spacial score (nSPS) is 10.7. The van der Waals surface area contributed by atoms with E-state index in [4.69, 9.17) is 10.5 Å². The largest absolute Gasteiger partial charge is 0.396 e. The predicted octanol–water partition coefficient (Wildman–Crippen LogP) is 1.02. The highest BCUT2D eigenvalue weighted by Crippen LogP contribution is 2.14. The smallest absolute Gasteiger partial charge is 0.241 e. The van der Waals surface area contributed by atoms with E-state index in [9.17, 15) is 4.79 Å². The van der Waals surface area contributed by atoms with Gasteiger partial charge in [-0.05, 0) is 26.7 Å². The maximum atomic E-state index is 11.7. The molecule has 3 N–H and O–H groups in total. The third kappa shape index (κ3) is 4.90. The molecule has 0 radical (unpaired) electrons. The van der Waals surface area contributed by atoms with Gasteiger partial charge in [0.25, 0.3) is 0 Å². The molecule has 0 fully saturated rings. The Bertz CT molecular complexity index is 415. The van der Waals surface area contributed by atoms with Crippen molar-refractivity contribution in [1.82, 2.24) is 15.1 Å². The van der Waals surface area contributed by atoms with Crippen molar-refractivity contribution in [1.29, 1.82) is 0 Å². The summed E-state index contributed by atoms with van der Waals surface area (Å²) in [4.78, 5) is 11.7. The first kappa shape index (κ1) is 15.5. The molecule has 0 aliphatic rings. The number of hydrogen-bond acceptors (Lipinski definition) is 4. The van der Waals surface area contributed by atoms with Crippen LogP contribution in [0.3, 0.4) is 0 Å². The van der Waals surface area contributed by atoms with E-state index in [1.165, 1.54) is 0 Å². The highest BCUT2D eigenvalue weighted by Gasteiger charge is 2.10. The molecule has 1 amide bonds. The zero-order valence-electron chi connectivity index (χ0n) is 12.0. The number of nitrogens with zero attached hydrogens (tertiary/aromatic N) is 2. The molecule has 0 aliphatic carbocycles. The van der Waals surface area contributed by atoms with Crippen LogP contribution in [0.15, 0.2) is 0 Å². The van der Waals surface area contributed by atoms with Gasteiger partial charge in [0.1, 0.15) is 6.54 Å². The lowest BCUT2D eigenvalue weighted by Crippen LogP contribution is -2.29. The lowest BCUT2D eigenvalue weighted by Gasteiger charge is -2.07. The van der Waals surface area contributed by atoms with Crippen LogP contribution in [0.25, 0.3) is 0 Å². The summed E-state index contributed by atoms with van der Waals surface area (Å²) in [5.41, 5.74) is 8.06. The molecular formula is C13H24N4O2. The Morgan fingerprint density at radius 2 is 2.16 bits per heavy atom. The van der Waals surface area contributed by atoms with E-state index in [0.29, 0.717) is 18.8 Å². The zero-order chi connectivity index (χ0) is 14.3. The van der Waals surface area contributed by atoms with Crippen molar-refractivity contribution >= 4 is 11.6 Å². The van der Waals surface area contributed by atoms with E-state index >= 15 is 0 Å². The van der Waals surface area contributed by atoms with Gasteiger partial charge in [0, 0.05) is 19.8 Å². The van der Waals surface area contributed by atoms with E-state index in [1.807, 2.05) is 13.8 Å². The molecule has 0 spiro atoms. The third-order valence-corrected chi connectivity index (χ3v) is 2.87. The first-order valence-electron chi connectivity index (χ1n) is 6.70. The minimum Gasteiger partial charge on any atom is -0.396 e. The topological polar surface area (TPSA) is 82.2 Å². The number of anilines is 1. The molecule has 0 aliphatic heterocycles. The molecule has 0 saturated carbocycles. The Morgan fingerprint density at radius 1 is 1.42 bits per heavy atom. The van der Waals surface area contributed by atoms with Gasteiger partial charge in [-0.2, -0.15) is 5.10 Å². The van der Waals surface area contributed by atoms with Crippen molar-refractivity contribution in [3.8, 4) is 0 Å². The fraction of sp³-hybridized carbons (Fsp3) is 0.692. The Hall–Kier alpha value is -1.56. The highest BCUT2D eigenvalue weighted by molar-refractivity contribution is 5.75. The fourth-order valence-corrected chi connectivity index (χ4v) is 1.71. The molecule has 19 heavy (non-hydrogen) atoms. The summed E-state index contributed by atoms with van der Waals surface area (Å²) in [6.07, 6.45) is 1.84. The lowest BCUT2D eigenvalue weighted by atomic mass is 10.3. The van der Waals surface area contributed by atoms with E-state index < -0.39 is 0 Å². The number of nitrogen functional groups attached to an aromatic ring is 1. The number of amides is 1. The van der Waals surface area contributed by atoms with Crippen molar-refractivity contribution in [3.63, 3.8) is 0 Å². The van der Waals surface area contributed by atoms with Gasteiger partial charge in [-0.3, -0.25) is 9.48 Å². The Labute approximate surface area is 114 Å². The zero-order valence-corrected chi connectivity index (χ0v) is 12.0. The Morgan fingerprint density at radius 3 is 2.74 bits per heavy atom. The Balaban J connectivity index is 2.26. The van der Waals surface area contributed by atoms with Gasteiger partial charge in [-0.25, -0.2) is 0 Å². The summed E-state index contributed by atoms with van der Waals surface area (Å²) in [6, 6.07) is 0. The van der Waals surface area contributed by atoms with Crippen LogP contribution in [0.2, 0.25) is 0 Å². The van der Waals surface area contributed by atoms with E-state index in [-0.39, 0.29) is 12.5 Å². The van der Waals surface area contributed by atoms with Crippen LogP contribution < -0.4 is 11.1 Å². The van der Waals surface area contributed by atoms with E-state index in [1.54, 1.807) is 4.68 Å². The summed E-state index contributed by atoms with van der Waals surface area (Å²) in [7, 11) is 0. The molecule has 0 aromatic carbocycles. The van der Waals surface area contributed by atoms with Crippen molar-refractivity contribution < 1.29 is 9.53 Å². The summed E-state index contributed by atoms with van der Waals surface area (Å²) in [5, 5.41) is 7.07. The van der Waals surface area contributed by atoms with Crippen LogP contribution in [-0.2, 0) is 16.1 Å². The van der Waals surface area contributed by atoms with Crippen molar-refractivity contribution in [2.45, 2.75) is 40.2 Å². The SMILES string of the molecule is CCCOCCCNC(=O)Cn1nc(C)c(N)c1C. The van der Waals surface area contributed by atoms with Crippen LogP contribution in [0.1, 0.15) is 31.2 Å². The third-order valence-electron chi connectivity index (χ3n) is 2.87. The molecule has 0 unspecified atom stereocenters. The lowest BCUT2D eigenvalue weighted by molar-refractivity contribution is -0.121. The van der Waals surface area contributed by atoms with Gasteiger partial charge in [0.15, 0.2) is 0 Å². The molecule has 0 atom stereocenters. The second kappa shape index (κ2) is 7.78. The Kier molecular flexibility index (Phi) is 6.35. The number of rotatable bonds is 8. The van der Waals surface area contributed by atoms with Gasteiger partial charge in [0.05, 0.1) is 17.1 Å². The van der Waals surface area contributed by atoms with Crippen LogP contribution in [0, 0.1) is 13.8 Å². The second-order valence-corrected chi connectivity index (χ2v) is 4.56. The second-order valence-electron chi connectivity index (χ2n) is 4.56. The number of carbonyl (C=O) groups excluding carboxylic acids is 1. The molecule has 0 bridgehead atoms. The van der Waals surface area contributed by atoms with Gasteiger partial charge in [-0.1, -0.05) is 6.92 Å². The highest BCUT2D eigenvalue weighted by atomic mass is 16.5. The van der Waals surface area contributed by atoms with Gasteiger partial charge in [0.2, 0.25) is 5.91 Å². The molecule has 1 rings (SSSR count). The summed E-state index contributed by atoms with van der Waals surface area (Å²) in [6.45, 7) is 8.06. The van der Waals surface area contributed by atoms with Crippen LogP contribution >= 0.6 is 0 Å². The number of aryl methyl sites for hydroxylation is 1. The molecule has 1 heterocycles. The van der Waals surface area contributed by atoms with E-state index in [2.05, 4.69) is 17.3 Å². The molecule has 108 valence electrons. The summed E-state index contributed by atoms with van der Waals surface area (Å²) < 4.78 is 6.97. The van der Waals surface area contributed by atoms with Crippen molar-refractivity contribution in [2.75, 3.05) is 25.5 Å². The summed E-state index contributed by atoms with van der Waals surface area (Å²) in [5.74, 6) is -0.0545. The molecular weight excluding hydrogens is 244 g/mol. The number of nitrogens with one attached hydrogen (secondary N) is 1. The average molecular weight is 268 g/mol. The standard InChI is InChI=1S/C13H24N4O2/c1-4-7-19-8-5-6-15-12(18)9-17-11(3)13(14)10(2)16-17/h4-9,14H2,1-3H3,(H,15,18). The van der Waals surface area contributed by atoms with E-state index in [0.717, 1.165) is 30.8 Å². The number of ether oxygens (including phenoxy) is 1. The van der Waals surface area contributed by atoms with Crippen molar-refractivity contribution in [3.05, 3.63) is 11.4 Å². The first-order valence-corrected chi connectivity index (χ1v) is 6.70. The molecule has 6 nitrogen and oxygen atoms in total. The van der Waals surface area contributed by atoms with Gasteiger partial charge >= 0.3 is 0 Å². The molecule has 6 heteroatoms. The number of aromatic nitrogens is 2. The van der Waals surface area contributed by atoms with Crippen LogP contribution in [0.4, 0.5) is 5.69 Å². The van der Waals surface area contributed by atoms with Crippen LogP contribution in [0.5, 0.6) is 0 Å². The molecule has 1 aromatic rings. The monoisotopic (exact) mass is 268 g/mol. The number of hydrogen-bond donors (Lipinski definition) is 2. The minimum atomic E-state index is -0.0545. The molecule has 1 aromatic heterocycles. The summed E-state index contributed by atoms with van der Waals surface area (Å²) >= 11 is 0. The van der Waals surface area contributed by atoms with Crippen LogP contribution in [-0.4, -0.2) is 35.4 Å². The number of nitrogens with two attached hydrogens (primary N) is 1. The van der Waals surface area contributed by atoms with Gasteiger partial charge < -0.3 is 15.8 Å². The fourth-order valence-electron chi connectivity index (χ4n) is 1.71. The first-order chi connectivity index (χ1) is 9.06. The molecule has 0 saturated heterocycles. The number of carbonyl (C=O) groups is 1. The van der Waals surface area contributed by atoms with Gasteiger partial charge in [-0.15, -0.1) is 0 Å². The maximum Gasteiger partial charge on any atom is 0.241 e.